The van der Waals surface area contributed by atoms with Crippen LogP contribution in [-0.2, 0) is 9.59 Å². The lowest BCUT2D eigenvalue weighted by molar-refractivity contribution is -0.120. The van der Waals surface area contributed by atoms with Crippen molar-refractivity contribution < 1.29 is 14.3 Å². The Morgan fingerprint density at radius 1 is 1.06 bits per heavy atom. The minimum Gasteiger partial charge on any atom is -0.484 e. The first-order valence-electron chi connectivity index (χ1n) is 9.99. The van der Waals surface area contributed by atoms with Crippen molar-refractivity contribution in [2.75, 3.05) is 11.9 Å². The monoisotopic (exact) mass is 415 g/mol. The highest BCUT2D eigenvalue weighted by molar-refractivity contribution is 6.30. The van der Waals surface area contributed by atoms with Crippen LogP contribution in [0.3, 0.4) is 0 Å². The molecule has 1 aliphatic rings. The first-order valence-corrected chi connectivity index (χ1v) is 9.99. The molecular formula is C23H21N5O3. The van der Waals surface area contributed by atoms with Crippen LogP contribution in [0.2, 0.25) is 0 Å². The zero-order valence-electron chi connectivity index (χ0n) is 17.2. The lowest BCUT2D eigenvalue weighted by Crippen LogP contribution is -2.10. The number of rotatable bonds is 2. The molecule has 1 aromatic heterocycles. The molecule has 0 spiro atoms. The number of carbonyl (C=O) groups excluding carboxylic acids is 2. The molecule has 2 bridgehead atoms. The number of ether oxygens (including phenoxy) is 1. The van der Waals surface area contributed by atoms with E-state index in [4.69, 9.17) is 14.7 Å². The number of fused-ring (bicyclic) bond motifs is 2. The summed E-state index contributed by atoms with van der Waals surface area (Å²) in [7, 11) is 0. The zero-order valence-corrected chi connectivity index (χ0v) is 17.2. The fourth-order valence-electron chi connectivity index (χ4n) is 3.04. The predicted octanol–water partition coefficient (Wildman–Crippen LogP) is 3.82. The summed E-state index contributed by atoms with van der Waals surface area (Å²) in [5.41, 5.74) is 2.17. The van der Waals surface area contributed by atoms with Crippen molar-refractivity contribution in [2.24, 2.45) is 9.98 Å². The van der Waals surface area contributed by atoms with E-state index in [2.05, 4.69) is 29.1 Å². The van der Waals surface area contributed by atoms with Gasteiger partial charge in [-0.3, -0.25) is 9.59 Å². The minimum atomic E-state index is -0.637. The molecule has 8 heteroatoms. The van der Waals surface area contributed by atoms with E-state index >= 15 is 0 Å². The largest absolute Gasteiger partial charge is 0.484 e. The van der Waals surface area contributed by atoms with Gasteiger partial charge in [0.1, 0.15) is 17.4 Å². The third kappa shape index (κ3) is 4.63. The van der Waals surface area contributed by atoms with Gasteiger partial charge in [0.15, 0.2) is 6.61 Å². The van der Waals surface area contributed by atoms with Gasteiger partial charge in [-0.1, -0.05) is 32.0 Å². The van der Waals surface area contributed by atoms with E-state index in [1.165, 1.54) is 6.21 Å². The molecule has 1 aliphatic heterocycles. The van der Waals surface area contributed by atoms with Crippen molar-refractivity contribution in [1.29, 1.82) is 0 Å². The molecule has 31 heavy (non-hydrogen) atoms. The molecule has 2 aromatic carbocycles. The van der Waals surface area contributed by atoms with Gasteiger partial charge in [0.05, 0.1) is 11.7 Å². The van der Waals surface area contributed by atoms with Gasteiger partial charge in [-0.25, -0.2) is 20.0 Å². The number of para-hydroxylation sites is 1. The first kappa shape index (κ1) is 20.3. The molecule has 1 unspecified atom stereocenters. The van der Waals surface area contributed by atoms with Crippen LogP contribution in [0.25, 0.3) is 10.9 Å². The molecule has 0 saturated carbocycles. The van der Waals surface area contributed by atoms with Gasteiger partial charge in [-0.15, -0.1) is 0 Å². The van der Waals surface area contributed by atoms with Crippen LogP contribution < -0.4 is 10.1 Å². The average molecular weight is 415 g/mol. The maximum absolute atomic E-state index is 12.0. The van der Waals surface area contributed by atoms with Crippen molar-refractivity contribution in [1.82, 2.24) is 9.97 Å². The fourth-order valence-corrected chi connectivity index (χ4v) is 3.04. The van der Waals surface area contributed by atoms with E-state index in [1.54, 1.807) is 12.1 Å². The number of amides is 2. The van der Waals surface area contributed by atoms with Gasteiger partial charge in [-0.05, 0) is 30.7 Å². The Morgan fingerprint density at radius 2 is 1.90 bits per heavy atom. The van der Waals surface area contributed by atoms with Crippen LogP contribution in [0.1, 0.15) is 37.6 Å². The average Bonchev–Trinajstić information content (AvgIpc) is 2.79. The summed E-state index contributed by atoms with van der Waals surface area (Å²) < 4.78 is 5.56. The molecule has 1 atom stereocenters. The highest BCUT2D eigenvalue weighted by atomic mass is 16.5. The van der Waals surface area contributed by atoms with E-state index in [-0.39, 0.29) is 12.5 Å². The van der Waals surface area contributed by atoms with Gasteiger partial charge >= 0.3 is 0 Å². The van der Waals surface area contributed by atoms with E-state index in [0.717, 1.165) is 35.1 Å². The van der Waals surface area contributed by atoms with Crippen LogP contribution in [0.15, 0.2) is 52.4 Å². The molecule has 0 fully saturated rings. The number of aliphatic imine (C=N–C) groups is 2. The molecule has 1 N–H and O–H groups in total. The van der Waals surface area contributed by atoms with Gasteiger partial charge in [0.25, 0.3) is 11.8 Å². The van der Waals surface area contributed by atoms with Crippen LogP contribution in [0.4, 0.5) is 11.5 Å². The molecule has 2 amide bonds. The number of carbonyl (C=O) groups is 2. The van der Waals surface area contributed by atoms with Gasteiger partial charge < -0.3 is 10.1 Å². The summed E-state index contributed by atoms with van der Waals surface area (Å²) in [4.78, 5) is 40.8. The van der Waals surface area contributed by atoms with E-state index in [1.807, 2.05) is 30.3 Å². The second-order valence-electron chi connectivity index (χ2n) is 7.17. The highest BCUT2D eigenvalue weighted by Crippen LogP contribution is 2.30. The van der Waals surface area contributed by atoms with Gasteiger partial charge in [0.2, 0.25) is 0 Å². The first-order chi connectivity index (χ1) is 15.0. The zero-order chi connectivity index (χ0) is 21.8. The lowest BCUT2D eigenvalue weighted by Gasteiger charge is -2.15. The number of nitrogens with one attached hydrogen (secondary N) is 1. The predicted molar refractivity (Wildman–Crippen MR) is 120 cm³/mol. The van der Waals surface area contributed by atoms with Crippen LogP contribution in [0.5, 0.6) is 5.75 Å². The summed E-state index contributed by atoms with van der Waals surface area (Å²) in [6.45, 7) is 3.87. The van der Waals surface area contributed by atoms with E-state index in [9.17, 15) is 9.59 Å². The summed E-state index contributed by atoms with van der Waals surface area (Å²) in [5.74, 6) is 0.774. The number of anilines is 2. The van der Waals surface area contributed by atoms with Gasteiger partial charge in [0, 0.05) is 28.8 Å². The Morgan fingerprint density at radius 3 is 2.74 bits per heavy atom. The van der Waals surface area contributed by atoms with Crippen molar-refractivity contribution in [3.63, 3.8) is 0 Å². The Labute approximate surface area is 179 Å². The highest BCUT2D eigenvalue weighted by Gasteiger charge is 2.15. The molecule has 4 rings (SSSR count). The topological polar surface area (TPSA) is 106 Å². The van der Waals surface area contributed by atoms with Crippen molar-refractivity contribution >= 4 is 46.7 Å². The number of nitrogens with zero attached hydrogens (tertiary/aromatic N) is 4. The number of hydrogen-bond donors (Lipinski definition) is 1. The molecule has 0 aliphatic carbocycles. The normalized spacial score (nSPS) is 15.0. The standard InChI is InChI=1S/C23H21N5O3/c1-3-14(2)22-27-19-9-8-16-10-17(19)23(28-22)26-18-7-5-4-6-15(18)11-24-20(29)12-25-21(30)13-31-16/h4-12,14H,3,13H2,1-2H3,(H,26,27,28). The Balaban J connectivity index is 1.90. The maximum atomic E-state index is 12.0. The number of hydrogen-bond acceptors (Lipinski definition) is 6. The summed E-state index contributed by atoms with van der Waals surface area (Å²) in [5, 5.41) is 4.11. The quantitative estimate of drug-likeness (QED) is 0.682. The van der Waals surface area contributed by atoms with Crippen LogP contribution >= 0.6 is 0 Å². The SMILES string of the molecule is CCC(C)c1nc2c3cc(ccc3n1)OCC(=O)N=CC(=O)N=Cc1ccccc1N2. The molecular weight excluding hydrogens is 394 g/mol. The molecule has 0 radical (unpaired) electrons. The second kappa shape index (κ2) is 8.83. The third-order valence-electron chi connectivity index (χ3n) is 4.96. The molecule has 2 heterocycles. The summed E-state index contributed by atoms with van der Waals surface area (Å²) in [6, 6.07) is 12.8. The molecule has 156 valence electrons. The lowest BCUT2D eigenvalue weighted by atomic mass is 10.1. The third-order valence-corrected chi connectivity index (χ3v) is 4.96. The van der Waals surface area contributed by atoms with E-state index in [0.29, 0.717) is 17.1 Å². The van der Waals surface area contributed by atoms with Crippen LogP contribution in [0, 0.1) is 0 Å². The summed E-state index contributed by atoms with van der Waals surface area (Å²) in [6.07, 6.45) is 3.22. The molecule has 3 aromatic rings. The smallest absolute Gasteiger partial charge is 0.288 e. The summed E-state index contributed by atoms with van der Waals surface area (Å²) >= 11 is 0. The number of benzene rings is 2. The van der Waals surface area contributed by atoms with Crippen molar-refractivity contribution in [3.05, 3.63) is 53.9 Å². The minimum absolute atomic E-state index is 0.180. The van der Waals surface area contributed by atoms with Crippen LogP contribution in [-0.4, -0.2) is 40.8 Å². The maximum Gasteiger partial charge on any atom is 0.288 e. The fraction of sp³-hybridized carbons (Fsp3) is 0.217. The Hall–Kier alpha value is -3.94. The Bertz CT molecular complexity index is 1220. The second-order valence-corrected chi connectivity index (χ2v) is 7.17. The molecule has 8 nitrogen and oxygen atoms in total. The molecule has 0 saturated heterocycles. The van der Waals surface area contributed by atoms with Gasteiger partial charge in [-0.2, -0.15) is 0 Å². The van der Waals surface area contributed by atoms with E-state index < -0.39 is 11.8 Å². The van der Waals surface area contributed by atoms with Crippen molar-refractivity contribution in [2.45, 2.75) is 26.2 Å². The number of aromatic nitrogens is 2. The Kier molecular flexibility index (Phi) is 5.79. The van der Waals surface area contributed by atoms with Crippen molar-refractivity contribution in [3.8, 4) is 5.75 Å².